The lowest BCUT2D eigenvalue weighted by atomic mass is 9.98. The van der Waals surface area contributed by atoms with Crippen LogP contribution in [0.5, 0.6) is 11.5 Å². The molecule has 29 heavy (non-hydrogen) atoms. The van der Waals surface area contributed by atoms with Crippen LogP contribution >= 0.6 is 11.3 Å². The zero-order valence-electron chi connectivity index (χ0n) is 16.4. The van der Waals surface area contributed by atoms with Crippen LogP contribution < -0.4 is 14.8 Å². The number of hydrogen-bond donors (Lipinski definition) is 1. The number of carbonyl (C=O) groups excluding carboxylic acids is 1. The number of nitrogens with one attached hydrogen (secondary N) is 1. The Morgan fingerprint density at radius 2 is 1.79 bits per heavy atom. The van der Waals surface area contributed by atoms with Gasteiger partial charge >= 0.3 is 6.61 Å². The Morgan fingerprint density at radius 3 is 2.41 bits per heavy atom. The van der Waals surface area contributed by atoms with Gasteiger partial charge in [0.2, 0.25) is 0 Å². The molecule has 1 aromatic heterocycles. The minimum atomic E-state index is -2.98. The van der Waals surface area contributed by atoms with E-state index in [0.29, 0.717) is 5.13 Å². The highest BCUT2D eigenvalue weighted by Crippen LogP contribution is 2.32. The number of ether oxygens (including phenoxy) is 2. The number of thiazole rings is 1. The molecule has 1 N–H and O–H groups in total. The predicted molar refractivity (Wildman–Crippen MR) is 109 cm³/mol. The molecule has 1 amide bonds. The predicted octanol–water partition coefficient (Wildman–Crippen LogP) is 5.60. The number of nitrogens with zero attached hydrogens (tertiary/aromatic N) is 1. The van der Waals surface area contributed by atoms with E-state index in [2.05, 4.69) is 27.2 Å². The topological polar surface area (TPSA) is 60.5 Å². The fourth-order valence-corrected chi connectivity index (χ4v) is 3.90. The summed E-state index contributed by atoms with van der Waals surface area (Å²) in [5.74, 6) is -0.519. The number of rotatable bonds is 6. The highest BCUT2D eigenvalue weighted by atomic mass is 32.1. The first-order chi connectivity index (χ1) is 13.8. The number of hydrogen-bond acceptors (Lipinski definition) is 5. The van der Waals surface area contributed by atoms with Crippen molar-refractivity contribution in [3.8, 4) is 22.8 Å². The Bertz CT molecular complexity index is 1030. The van der Waals surface area contributed by atoms with Gasteiger partial charge in [-0.3, -0.25) is 10.1 Å². The number of benzene rings is 2. The lowest BCUT2D eigenvalue weighted by molar-refractivity contribution is -0.0512. The molecule has 0 aliphatic carbocycles. The highest BCUT2D eigenvalue weighted by molar-refractivity contribution is 7.14. The summed E-state index contributed by atoms with van der Waals surface area (Å²) >= 11 is 1.31. The van der Waals surface area contributed by atoms with Crippen molar-refractivity contribution < 1.29 is 23.0 Å². The van der Waals surface area contributed by atoms with Crippen molar-refractivity contribution in [3.63, 3.8) is 0 Å². The Balaban J connectivity index is 1.81. The second-order valence-corrected chi connectivity index (χ2v) is 7.37. The van der Waals surface area contributed by atoms with Gasteiger partial charge in [-0.25, -0.2) is 4.98 Å². The van der Waals surface area contributed by atoms with Crippen molar-refractivity contribution in [3.05, 3.63) is 58.0 Å². The number of halogens is 2. The van der Waals surface area contributed by atoms with Crippen molar-refractivity contribution in [2.75, 3.05) is 12.4 Å². The van der Waals surface area contributed by atoms with Gasteiger partial charge in [-0.1, -0.05) is 17.7 Å². The molecule has 8 heteroatoms. The molecule has 0 spiro atoms. The average Bonchev–Trinajstić information content (AvgIpc) is 3.08. The van der Waals surface area contributed by atoms with E-state index in [4.69, 9.17) is 4.74 Å². The molecule has 3 aromatic rings. The second-order valence-electron chi connectivity index (χ2n) is 6.51. The summed E-state index contributed by atoms with van der Waals surface area (Å²) in [6, 6.07) is 8.19. The first-order valence-electron chi connectivity index (χ1n) is 8.76. The molecular weight excluding hydrogens is 398 g/mol. The first kappa shape index (κ1) is 20.7. The Labute approximate surface area is 171 Å². The van der Waals surface area contributed by atoms with Crippen molar-refractivity contribution in [1.82, 2.24) is 4.98 Å². The summed E-state index contributed by atoms with van der Waals surface area (Å²) in [5, 5.41) is 5.06. The first-order valence-corrected chi connectivity index (χ1v) is 9.64. The maximum Gasteiger partial charge on any atom is 0.387 e. The molecule has 0 saturated carbocycles. The summed E-state index contributed by atoms with van der Waals surface area (Å²) in [5.41, 5.74) is 5.49. The molecule has 3 rings (SSSR count). The molecular formula is C21H20F2N2O3S. The van der Waals surface area contributed by atoms with Crippen LogP contribution in [0.25, 0.3) is 11.3 Å². The monoisotopic (exact) mass is 418 g/mol. The van der Waals surface area contributed by atoms with E-state index in [1.807, 2.05) is 26.2 Å². The summed E-state index contributed by atoms with van der Waals surface area (Å²) in [6.45, 7) is 3.12. The van der Waals surface area contributed by atoms with Gasteiger partial charge in [0.05, 0.1) is 12.8 Å². The Morgan fingerprint density at radius 1 is 1.10 bits per heavy atom. The molecule has 0 aliphatic rings. The Hall–Kier alpha value is -3.00. The van der Waals surface area contributed by atoms with Crippen molar-refractivity contribution in [2.45, 2.75) is 27.4 Å². The zero-order chi connectivity index (χ0) is 21.1. The normalized spacial score (nSPS) is 10.9. The molecule has 0 radical (unpaired) electrons. The number of methoxy groups -OCH3 is 1. The molecule has 0 aliphatic heterocycles. The molecule has 1 heterocycles. The third-order valence-electron chi connectivity index (χ3n) is 4.30. The third-order valence-corrected chi connectivity index (χ3v) is 5.06. The van der Waals surface area contributed by atoms with Crippen LogP contribution in [-0.2, 0) is 0 Å². The van der Waals surface area contributed by atoms with Crippen LogP contribution in [0.3, 0.4) is 0 Å². The van der Waals surface area contributed by atoms with Crippen molar-refractivity contribution in [2.24, 2.45) is 0 Å². The third kappa shape index (κ3) is 4.71. The number of aryl methyl sites for hydroxylation is 3. The minimum Gasteiger partial charge on any atom is -0.493 e. The summed E-state index contributed by atoms with van der Waals surface area (Å²) in [6.07, 6.45) is 0. The molecule has 0 atom stereocenters. The van der Waals surface area contributed by atoms with Crippen LogP contribution in [0.15, 0.2) is 35.7 Å². The van der Waals surface area contributed by atoms with Gasteiger partial charge in [0.1, 0.15) is 0 Å². The van der Waals surface area contributed by atoms with E-state index >= 15 is 0 Å². The van der Waals surface area contributed by atoms with Gasteiger partial charge in [0.25, 0.3) is 5.91 Å². The summed E-state index contributed by atoms with van der Waals surface area (Å²) in [4.78, 5) is 17.1. The number of anilines is 1. The summed E-state index contributed by atoms with van der Waals surface area (Å²) < 4.78 is 34.3. The largest absolute Gasteiger partial charge is 0.493 e. The van der Waals surface area contributed by atoms with E-state index in [-0.39, 0.29) is 17.1 Å². The second kappa shape index (κ2) is 8.57. The number of carbonyl (C=O) groups is 1. The lowest BCUT2D eigenvalue weighted by Crippen LogP contribution is -2.12. The van der Waals surface area contributed by atoms with Gasteiger partial charge < -0.3 is 9.47 Å². The molecule has 0 bridgehead atoms. The fraction of sp³-hybridized carbons (Fsp3) is 0.238. The molecule has 0 fully saturated rings. The smallest absolute Gasteiger partial charge is 0.387 e. The van der Waals surface area contributed by atoms with E-state index in [9.17, 15) is 13.6 Å². The van der Waals surface area contributed by atoms with Crippen LogP contribution in [0.4, 0.5) is 13.9 Å². The van der Waals surface area contributed by atoms with Crippen LogP contribution in [-0.4, -0.2) is 24.6 Å². The van der Waals surface area contributed by atoms with E-state index < -0.39 is 12.5 Å². The van der Waals surface area contributed by atoms with Crippen LogP contribution in [0.2, 0.25) is 0 Å². The van der Waals surface area contributed by atoms with Gasteiger partial charge in [0.15, 0.2) is 16.6 Å². The average molecular weight is 418 g/mol. The number of alkyl halides is 2. The van der Waals surface area contributed by atoms with Gasteiger partial charge in [-0.15, -0.1) is 11.3 Å². The molecule has 0 unspecified atom stereocenters. The minimum absolute atomic E-state index is 0.0451. The SMILES string of the molecule is COc1cc(C(=O)Nc2nc(-c3c(C)cc(C)cc3C)cs2)ccc1OC(F)F. The highest BCUT2D eigenvalue weighted by Gasteiger charge is 2.16. The van der Waals surface area contributed by atoms with E-state index in [1.165, 1.54) is 42.2 Å². The molecule has 5 nitrogen and oxygen atoms in total. The van der Waals surface area contributed by atoms with Crippen LogP contribution in [0.1, 0.15) is 27.0 Å². The van der Waals surface area contributed by atoms with Gasteiger partial charge in [-0.2, -0.15) is 8.78 Å². The fourth-order valence-electron chi connectivity index (χ4n) is 3.20. The molecule has 2 aromatic carbocycles. The van der Waals surface area contributed by atoms with Crippen molar-refractivity contribution in [1.29, 1.82) is 0 Å². The van der Waals surface area contributed by atoms with Gasteiger partial charge in [-0.05, 0) is 50.1 Å². The maximum absolute atomic E-state index is 12.6. The van der Waals surface area contributed by atoms with Crippen LogP contribution in [0, 0.1) is 20.8 Å². The quantitative estimate of drug-likeness (QED) is 0.566. The molecule has 152 valence electrons. The Kier molecular flexibility index (Phi) is 6.12. The number of aromatic nitrogens is 1. The summed E-state index contributed by atoms with van der Waals surface area (Å²) in [7, 11) is 1.31. The van der Waals surface area contributed by atoms with Gasteiger partial charge in [0, 0.05) is 16.5 Å². The lowest BCUT2D eigenvalue weighted by Gasteiger charge is -2.11. The van der Waals surface area contributed by atoms with E-state index in [1.54, 1.807) is 0 Å². The van der Waals surface area contributed by atoms with E-state index in [0.717, 1.165) is 22.4 Å². The van der Waals surface area contributed by atoms with Crippen molar-refractivity contribution >= 4 is 22.4 Å². The zero-order valence-corrected chi connectivity index (χ0v) is 17.2. The number of amides is 1. The molecule has 0 saturated heterocycles. The maximum atomic E-state index is 12.6. The standard InChI is InChI=1S/C21H20F2N2O3S/c1-11-7-12(2)18(13(3)8-11)15-10-29-21(24-15)25-19(26)14-5-6-16(28-20(22)23)17(9-14)27-4/h5-10,20H,1-4H3,(H,24,25,26).